The van der Waals surface area contributed by atoms with Gasteiger partial charge in [-0.05, 0) is 30.2 Å². The maximum absolute atomic E-state index is 12.3. The number of aromatic nitrogens is 3. The van der Waals surface area contributed by atoms with Gasteiger partial charge in [0.1, 0.15) is 5.75 Å². The van der Waals surface area contributed by atoms with Crippen molar-refractivity contribution in [2.45, 2.75) is 20.4 Å². The molecule has 0 radical (unpaired) electrons. The van der Waals surface area contributed by atoms with E-state index in [-0.39, 0.29) is 29.3 Å². The Bertz CT molecular complexity index is 1230. The minimum Gasteiger partial charge on any atom is -0.539 e. The highest BCUT2D eigenvalue weighted by molar-refractivity contribution is 7.14. The molecule has 0 saturated heterocycles. The number of nitrogens with zero attached hydrogens (tertiary/aromatic N) is 3. The van der Waals surface area contributed by atoms with E-state index in [4.69, 9.17) is 4.52 Å². The Morgan fingerprint density at radius 2 is 2.10 bits per heavy atom. The van der Waals surface area contributed by atoms with Gasteiger partial charge in [0.2, 0.25) is 5.69 Å². The minimum absolute atomic E-state index is 0.0487. The van der Waals surface area contributed by atoms with Crippen molar-refractivity contribution in [2.75, 3.05) is 5.32 Å². The second-order valence-electron chi connectivity index (χ2n) is 6.72. The maximum Gasteiger partial charge on any atom is 0.289 e. The summed E-state index contributed by atoms with van der Waals surface area (Å²) in [4.78, 5) is 16.1. The van der Waals surface area contributed by atoms with E-state index in [0.29, 0.717) is 22.1 Å². The molecule has 30 heavy (non-hydrogen) atoms. The zero-order valence-electron chi connectivity index (χ0n) is 16.2. The Balaban J connectivity index is 1.58. The quantitative estimate of drug-likeness (QED) is 0.362. The summed E-state index contributed by atoms with van der Waals surface area (Å²) in [7, 11) is 0. The molecule has 2 aromatic heterocycles. The van der Waals surface area contributed by atoms with E-state index in [1.807, 2.05) is 31.2 Å². The van der Waals surface area contributed by atoms with Crippen molar-refractivity contribution in [1.82, 2.24) is 10.3 Å². The SMILES string of the molecule is CC(=O)c1cccc(CNc2nc(-c3c([O-])on[n+]3-c3cccc(C)c3)cs2)c1O. The fourth-order valence-corrected chi connectivity index (χ4v) is 3.74. The van der Waals surface area contributed by atoms with E-state index in [9.17, 15) is 15.0 Å². The lowest BCUT2D eigenvalue weighted by Gasteiger charge is -2.08. The maximum atomic E-state index is 12.3. The number of benzene rings is 2. The number of rotatable bonds is 6. The summed E-state index contributed by atoms with van der Waals surface area (Å²) < 4.78 is 6.30. The molecule has 2 aromatic carbocycles. The van der Waals surface area contributed by atoms with Crippen molar-refractivity contribution < 1.29 is 24.2 Å². The molecule has 0 aliphatic rings. The van der Waals surface area contributed by atoms with E-state index in [1.165, 1.54) is 22.9 Å². The summed E-state index contributed by atoms with van der Waals surface area (Å²) >= 11 is 1.31. The zero-order valence-corrected chi connectivity index (χ0v) is 17.1. The highest BCUT2D eigenvalue weighted by Crippen LogP contribution is 2.29. The molecule has 8 nitrogen and oxygen atoms in total. The number of thiazole rings is 1. The Morgan fingerprint density at radius 3 is 2.87 bits per heavy atom. The van der Waals surface area contributed by atoms with Crippen LogP contribution in [0.1, 0.15) is 28.4 Å². The van der Waals surface area contributed by atoms with Gasteiger partial charge in [0.25, 0.3) is 5.69 Å². The predicted octanol–water partition coefficient (Wildman–Crippen LogP) is 2.98. The van der Waals surface area contributed by atoms with Crippen LogP contribution in [-0.2, 0) is 6.54 Å². The van der Waals surface area contributed by atoms with Gasteiger partial charge in [-0.15, -0.1) is 11.3 Å². The number of para-hydroxylation sites is 1. The zero-order chi connectivity index (χ0) is 21.3. The largest absolute Gasteiger partial charge is 0.539 e. The molecule has 0 saturated carbocycles. The molecule has 4 aromatic rings. The van der Waals surface area contributed by atoms with Gasteiger partial charge in [-0.2, -0.15) is 0 Å². The molecule has 2 N–H and O–H groups in total. The van der Waals surface area contributed by atoms with Crippen LogP contribution in [-0.4, -0.2) is 21.1 Å². The van der Waals surface area contributed by atoms with Gasteiger partial charge in [-0.25, -0.2) is 4.98 Å². The van der Waals surface area contributed by atoms with Crippen molar-refractivity contribution >= 4 is 22.3 Å². The van der Waals surface area contributed by atoms with Crippen LogP contribution in [0, 0.1) is 6.92 Å². The van der Waals surface area contributed by atoms with Gasteiger partial charge in [0.05, 0.1) is 10.8 Å². The molecule has 9 heteroatoms. The predicted molar refractivity (Wildman–Crippen MR) is 109 cm³/mol. The Labute approximate surface area is 176 Å². The second kappa shape index (κ2) is 7.96. The van der Waals surface area contributed by atoms with Crippen LogP contribution < -0.4 is 15.1 Å². The molecule has 0 fully saturated rings. The molecule has 0 aliphatic heterocycles. The van der Waals surface area contributed by atoms with Crippen LogP contribution in [0.3, 0.4) is 0 Å². The molecular weight excluding hydrogens is 404 g/mol. The summed E-state index contributed by atoms with van der Waals surface area (Å²) in [6.45, 7) is 3.62. The lowest BCUT2D eigenvalue weighted by molar-refractivity contribution is -0.660. The summed E-state index contributed by atoms with van der Waals surface area (Å²) in [6, 6.07) is 12.6. The molecule has 152 valence electrons. The second-order valence-corrected chi connectivity index (χ2v) is 7.58. The lowest BCUT2D eigenvalue weighted by Crippen LogP contribution is -2.34. The first-order chi connectivity index (χ1) is 14.4. The number of nitrogens with one attached hydrogen (secondary N) is 1. The molecule has 0 bridgehead atoms. The number of carbonyl (C=O) groups excluding carboxylic acids is 1. The third-order valence-corrected chi connectivity index (χ3v) is 5.33. The molecule has 4 rings (SSSR count). The topological polar surface area (TPSA) is 115 Å². The third kappa shape index (κ3) is 3.74. The fourth-order valence-electron chi connectivity index (χ4n) is 3.05. The highest BCUT2D eigenvalue weighted by Gasteiger charge is 2.25. The van der Waals surface area contributed by atoms with Gasteiger partial charge in [-0.3, -0.25) is 4.79 Å². The van der Waals surface area contributed by atoms with Gasteiger partial charge in [0.15, 0.2) is 22.6 Å². The Hall–Kier alpha value is -3.72. The number of aromatic hydroxyl groups is 1. The number of phenols is 1. The third-order valence-electron chi connectivity index (χ3n) is 4.53. The van der Waals surface area contributed by atoms with Crippen LogP contribution in [0.4, 0.5) is 5.13 Å². The first kappa shape index (κ1) is 19.6. The van der Waals surface area contributed by atoms with Crippen LogP contribution in [0.2, 0.25) is 0 Å². The molecule has 0 aliphatic carbocycles. The smallest absolute Gasteiger partial charge is 0.289 e. The van der Waals surface area contributed by atoms with E-state index in [1.54, 1.807) is 23.6 Å². The summed E-state index contributed by atoms with van der Waals surface area (Å²) in [5.41, 5.74) is 3.22. The standard InChI is InChI=1S/C21H18N4O4S/c1-12-5-3-7-15(9-12)25-18(20(28)29-24-25)17-11-30-21(23-17)22-10-14-6-4-8-16(13(2)26)19(14)27/h3-9,11H,10H2,1-2H3,(H2-,22,23,24,26,27,28). The number of anilines is 1. The van der Waals surface area contributed by atoms with Gasteiger partial charge in [-0.1, -0.05) is 24.3 Å². The van der Waals surface area contributed by atoms with E-state index >= 15 is 0 Å². The van der Waals surface area contributed by atoms with Crippen molar-refractivity contribution in [2.24, 2.45) is 0 Å². The Morgan fingerprint density at radius 1 is 1.30 bits per heavy atom. The van der Waals surface area contributed by atoms with Crippen molar-refractivity contribution in [3.8, 4) is 28.8 Å². The average Bonchev–Trinajstić information content (AvgIpc) is 3.33. The van der Waals surface area contributed by atoms with Crippen molar-refractivity contribution in [1.29, 1.82) is 0 Å². The number of phenolic OH excluding ortho intramolecular Hbond substituents is 1. The van der Waals surface area contributed by atoms with Crippen molar-refractivity contribution in [3.63, 3.8) is 0 Å². The number of Topliss-reactive ketones (excluding diaryl/α,β-unsaturated/α-hetero) is 1. The van der Waals surface area contributed by atoms with Gasteiger partial charge in [0, 0.05) is 29.6 Å². The molecular formula is C21H18N4O4S. The summed E-state index contributed by atoms with van der Waals surface area (Å²) in [6.07, 6.45) is 0. The molecule has 2 heterocycles. The van der Waals surface area contributed by atoms with Crippen LogP contribution >= 0.6 is 11.3 Å². The average molecular weight is 422 g/mol. The number of aryl methyl sites for hydroxylation is 1. The van der Waals surface area contributed by atoms with Crippen LogP contribution in [0.25, 0.3) is 17.1 Å². The monoisotopic (exact) mass is 422 g/mol. The number of hydrogen-bond acceptors (Lipinski definition) is 8. The molecule has 0 unspecified atom stereocenters. The summed E-state index contributed by atoms with van der Waals surface area (Å²) in [5, 5.41) is 31.8. The highest BCUT2D eigenvalue weighted by atomic mass is 32.1. The van der Waals surface area contributed by atoms with E-state index in [2.05, 4.69) is 15.6 Å². The number of hydrogen-bond donors (Lipinski definition) is 2. The van der Waals surface area contributed by atoms with Gasteiger partial charge >= 0.3 is 0 Å². The first-order valence-electron chi connectivity index (χ1n) is 9.11. The summed E-state index contributed by atoms with van der Waals surface area (Å²) in [5.74, 6) is -0.838. The lowest BCUT2D eigenvalue weighted by atomic mass is 10.1. The van der Waals surface area contributed by atoms with E-state index in [0.717, 1.165) is 5.56 Å². The normalized spacial score (nSPS) is 10.9. The van der Waals surface area contributed by atoms with Gasteiger partial charge < -0.3 is 20.1 Å². The van der Waals surface area contributed by atoms with Crippen LogP contribution in [0.5, 0.6) is 11.7 Å². The first-order valence-corrected chi connectivity index (χ1v) is 9.99. The molecule has 0 spiro atoms. The Kier molecular flexibility index (Phi) is 5.20. The van der Waals surface area contributed by atoms with Crippen molar-refractivity contribution in [3.05, 3.63) is 64.5 Å². The fraction of sp³-hybridized carbons (Fsp3) is 0.143. The number of ketones is 1. The van der Waals surface area contributed by atoms with Crippen LogP contribution in [0.15, 0.2) is 52.4 Å². The molecule has 0 atom stereocenters. The van der Waals surface area contributed by atoms with E-state index < -0.39 is 5.95 Å². The molecule has 0 amide bonds. The number of carbonyl (C=O) groups is 1. The minimum atomic E-state index is -0.583.